The number of rotatable bonds is 6. The molecule has 0 spiro atoms. The van der Waals surface area contributed by atoms with Crippen LogP contribution in [0.1, 0.15) is 23.7 Å². The lowest BCUT2D eigenvalue weighted by molar-refractivity contribution is 0.0149. The Labute approximate surface area is 99.7 Å². The Bertz CT molecular complexity index is 428. The quantitative estimate of drug-likeness (QED) is 0.449. The van der Waals surface area contributed by atoms with Gasteiger partial charge in [0.15, 0.2) is 0 Å². The third-order valence-corrected chi connectivity index (χ3v) is 2.49. The molecular weight excluding hydrogens is 218 g/mol. The topological polar surface area (TPSA) is 89.2 Å². The van der Waals surface area contributed by atoms with E-state index in [2.05, 4.69) is 16.6 Å². The van der Waals surface area contributed by atoms with Crippen LogP contribution in [0.15, 0.2) is 36.0 Å². The Balaban J connectivity index is 2.76. The molecule has 17 heavy (non-hydrogen) atoms. The standard InChI is InChI=1S/C12H15N3O2/c1-2-9-5-3-4-6-10(9)12(17)11(16)7-8-14-15-13/h2-6,11-12,16-17H,1,7-8H2. The van der Waals surface area contributed by atoms with Gasteiger partial charge in [0.05, 0.1) is 6.10 Å². The summed E-state index contributed by atoms with van der Waals surface area (Å²) in [5.74, 6) is 0. The van der Waals surface area contributed by atoms with Crippen LogP contribution in [0.3, 0.4) is 0 Å². The Morgan fingerprint density at radius 1 is 1.41 bits per heavy atom. The number of aliphatic hydroxyl groups is 2. The smallest absolute Gasteiger partial charge is 0.105 e. The summed E-state index contributed by atoms with van der Waals surface area (Å²) < 4.78 is 0. The van der Waals surface area contributed by atoms with Crippen LogP contribution in [0.25, 0.3) is 16.5 Å². The van der Waals surface area contributed by atoms with E-state index in [1.807, 2.05) is 12.1 Å². The summed E-state index contributed by atoms with van der Waals surface area (Å²) in [6, 6.07) is 7.16. The summed E-state index contributed by atoms with van der Waals surface area (Å²) in [6.45, 7) is 3.81. The van der Waals surface area contributed by atoms with E-state index in [-0.39, 0.29) is 13.0 Å². The molecule has 0 fully saturated rings. The molecule has 0 heterocycles. The number of hydrogen-bond donors (Lipinski definition) is 2. The van der Waals surface area contributed by atoms with Gasteiger partial charge in [-0.05, 0) is 23.1 Å². The van der Waals surface area contributed by atoms with Gasteiger partial charge in [-0.15, -0.1) is 0 Å². The average Bonchev–Trinajstić information content (AvgIpc) is 2.38. The van der Waals surface area contributed by atoms with E-state index in [0.717, 1.165) is 5.56 Å². The monoisotopic (exact) mass is 233 g/mol. The molecule has 2 N–H and O–H groups in total. The van der Waals surface area contributed by atoms with Gasteiger partial charge in [0, 0.05) is 11.5 Å². The van der Waals surface area contributed by atoms with Crippen molar-refractivity contribution in [2.75, 3.05) is 6.54 Å². The van der Waals surface area contributed by atoms with Gasteiger partial charge in [-0.2, -0.15) is 0 Å². The lowest BCUT2D eigenvalue weighted by Gasteiger charge is -2.19. The first-order valence-corrected chi connectivity index (χ1v) is 5.29. The molecule has 0 radical (unpaired) electrons. The van der Waals surface area contributed by atoms with E-state index < -0.39 is 12.2 Å². The van der Waals surface area contributed by atoms with Crippen molar-refractivity contribution in [2.45, 2.75) is 18.6 Å². The highest BCUT2D eigenvalue weighted by Gasteiger charge is 2.19. The molecule has 0 bridgehead atoms. The second kappa shape index (κ2) is 6.70. The molecule has 2 atom stereocenters. The molecule has 5 nitrogen and oxygen atoms in total. The number of azide groups is 1. The minimum absolute atomic E-state index is 0.158. The molecule has 0 saturated carbocycles. The van der Waals surface area contributed by atoms with E-state index in [0.29, 0.717) is 5.56 Å². The minimum atomic E-state index is -1.00. The molecule has 2 unspecified atom stereocenters. The molecule has 5 heteroatoms. The zero-order chi connectivity index (χ0) is 12.7. The van der Waals surface area contributed by atoms with Gasteiger partial charge >= 0.3 is 0 Å². The second-order valence-electron chi connectivity index (χ2n) is 3.59. The first-order valence-electron chi connectivity index (χ1n) is 5.29. The third kappa shape index (κ3) is 3.60. The van der Waals surface area contributed by atoms with E-state index in [9.17, 15) is 10.2 Å². The molecule has 0 amide bonds. The molecule has 1 aromatic carbocycles. The van der Waals surface area contributed by atoms with E-state index in [4.69, 9.17) is 5.53 Å². The maximum absolute atomic E-state index is 9.97. The fraction of sp³-hybridized carbons (Fsp3) is 0.333. The van der Waals surface area contributed by atoms with Gasteiger partial charge in [-0.25, -0.2) is 0 Å². The molecule has 0 aromatic heterocycles. The van der Waals surface area contributed by atoms with E-state index in [1.165, 1.54) is 0 Å². The van der Waals surface area contributed by atoms with Crippen molar-refractivity contribution in [3.63, 3.8) is 0 Å². The highest BCUT2D eigenvalue weighted by Crippen LogP contribution is 2.23. The molecule has 0 saturated heterocycles. The maximum Gasteiger partial charge on any atom is 0.105 e. The van der Waals surface area contributed by atoms with Gasteiger partial charge in [-0.3, -0.25) is 0 Å². The number of nitrogens with zero attached hydrogens (tertiary/aromatic N) is 3. The summed E-state index contributed by atoms with van der Waals surface area (Å²) in [7, 11) is 0. The predicted octanol–water partition coefficient (Wildman–Crippen LogP) is 2.42. The van der Waals surface area contributed by atoms with Crippen molar-refractivity contribution in [1.29, 1.82) is 0 Å². The van der Waals surface area contributed by atoms with Crippen molar-refractivity contribution in [3.05, 3.63) is 52.4 Å². The largest absolute Gasteiger partial charge is 0.390 e. The first kappa shape index (κ1) is 13.3. The Morgan fingerprint density at radius 3 is 2.76 bits per heavy atom. The minimum Gasteiger partial charge on any atom is -0.390 e. The van der Waals surface area contributed by atoms with Crippen LogP contribution in [0.5, 0.6) is 0 Å². The highest BCUT2D eigenvalue weighted by molar-refractivity contribution is 5.52. The Kier molecular flexibility index (Phi) is 5.23. The van der Waals surface area contributed by atoms with Gasteiger partial charge < -0.3 is 10.2 Å². The lowest BCUT2D eigenvalue weighted by atomic mass is 9.97. The van der Waals surface area contributed by atoms with Gasteiger partial charge in [0.25, 0.3) is 0 Å². The van der Waals surface area contributed by atoms with Crippen LogP contribution in [0.4, 0.5) is 0 Å². The van der Waals surface area contributed by atoms with Gasteiger partial charge in [0.2, 0.25) is 0 Å². The molecule has 1 aromatic rings. The fourth-order valence-electron chi connectivity index (χ4n) is 1.57. The summed E-state index contributed by atoms with van der Waals surface area (Å²) in [5.41, 5.74) is 9.52. The van der Waals surface area contributed by atoms with Crippen molar-refractivity contribution in [3.8, 4) is 0 Å². The van der Waals surface area contributed by atoms with E-state index in [1.54, 1.807) is 18.2 Å². The SMILES string of the molecule is C=Cc1ccccc1C(O)C(O)CCN=[N+]=[N-]. The Hall–Kier alpha value is -1.81. The number of hydrogen-bond acceptors (Lipinski definition) is 3. The van der Waals surface area contributed by atoms with Crippen LogP contribution < -0.4 is 0 Å². The fourth-order valence-corrected chi connectivity index (χ4v) is 1.57. The molecule has 1 rings (SSSR count). The lowest BCUT2D eigenvalue weighted by Crippen LogP contribution is -2.19. The molecule has 0 aliphatic heterocycles. The number of aliphatic hydroxyl groups excluding tert-OH is 2. The molecule has 0 aliphatic rings. The zero-order valence-corrected chi connectivity index (χ0v) is 9.40. The van der Waals surface area contributed by atoms with Crippen molar-refractivity contribution >= 4 is 6.08 Å². The van der Waals surface area contributed by atoms with Crippen LogP contribution in [0.2, 0.25) is 0 Å². The summed E-state index contributed by atoms with van der Waals surface area (Å²) in [6.07, 6.45) is -0.116. The summed E-state index contributed by atoms with van der Waals surface area (Å²) in [4.78, 5) is 2.59. The van der Waals surface area contributed by atoms with Crippen molar-refractivity contribution in [2.24, 2.45) is 5.11 Å². The first-order chi connectivity index (χ1) is 8.20. The summed E-state index contributed by atoms with van der Waals surface area (Å²) in [5, 5.41) is 23.0. The van der Waals surface area contributed by atoms with Gasteiger partial charge in [-0.1, -0.05) is 42.0 Å². The van der Waals surface area contributed by atoms with Crippen molar-refractivity contribution in [1.82, 2.24) is 0 Å². The number of benzene rings is 1. The third-order valence-electron chi connectivity index (χ3n) is 2.49. The van der Waals surface area contributed by atoms with E-state index >= 15 is 0 Å². The van der Waals surface area contributed by atoms with Crippen LogP contribution in [0, 0.1) is 0 Å². The van der Waals surface area contributed by atoms with Gasteiger partial charge in [0.1, 0.15) is 6.10 Å². The van der Waals surface area contributed by atoms with Crippen LogP contribution in [-0.4, -0.2) is 22.9 Å². The zero-order valence-electron chi connectivity index (χ0n) is 9.40. The molecular formula is C12H15N3O2. The van der Waals surface area contributed by atoms with Crippen LogP contribution >= 0.6 is 0 Å². The average molecular weight is 233 g/mol. The normalized spacial score (nSPS) is 13.5. The Morgan fingerprint density at radius 2 is 2.12 bits per heavy atom. The van der Waals surface area contributed by atoms with Crippen molar-refractivity contribution < 1.29 is 10.2 Å². The second-order valence-corrected chi connectivity index (χ2v) is 3.59. The summed E-state index contributed by atoms with van der Waals surface area (Å²) >= 11 is 0. The highest BCUT2D eigenvalue weighted by atomic mass is 16.3. The maximum atomic E-state index is 9.97. The van der Waals surface area contributed by atoms with Crippen LogP contribution in [-0.2, 0) is 0 Å². The molecule has 0 aliphatic carbocycles. The predicted molar refractivity (Wildman–Crippen MR) is 66.1 cm³/mol. The molecule has 90 valence electrons.